The van der Waals surface area contributed by atoms with Gasteiger partial charge in [0.2, 0.25) is 0 Å². The number of nitrogens with zero attached hydrogens (tertiary/aromatic N) is 1. The van der Waals surface area contributed by atoms with Crippen LogP contribution in [0.4, 0.5) is 4.39 Å². The molecule has 0 aromatic heterocycles. The molecule has 0 saturated heterocycles. The maximum atomic E-state index is 13.3. The first-order valence-electron chi connectivity index (χ1n) is 5.00. The number of thioether (sulfide) groups is 1. The molecule has 0 amide bonds. The largest absolute Gasteiger partial charge is 0.469 e. The number of benzene rings is 1. The number of nitriles is 1. The van der Waals surface area contributed by atoms with Crippen LogP contribution in [0.2, 0.25) is 0 Å². The lowest BCUT2D eigenvalue weighted by Gasteiger charge is -2.03. The second-order valence-corrected chi connectivity index (χ2v) is 4.40. The summed E-state index contributed by atoms with van der Waals surface area (Å²) in [5.74, 6) is 0.416. The van der Waals surface area contributed by atoms with Gasteiger partial charge in [-0.05, 0) is 23.8 Å². The van der Waals surface area contributed by atoms with E-state index < -0.39 is 0 Å². The molecule has 0 N–H and O–H groups in total. The lowest BCUT2D eigenvalue weighted by molar-refractivity contribution is -0.140. The minimum atomic E-state index is -0.324. The topological polar surface area (TPSA) is 50.1 Å². The quantitative estimate of drug-likeness (QED) is 0.597. The summed E-state index contributed by atoms with van der Waals surface area (Å²) in [6.45, 7) is 0. The molecule has 0 fully saturated rings. The molecule has 0 saturated carbocycles. The van der Waals surface area contributed by atoms with Crippen LogP contribution < -0.4 is 0 Å². The predicted molar refractivity (Wildman–Crippen MR) is 63.9 cm³/mol. The van der Waals surface area contributed by atoms with Gasteiger partial charge in [0.1, 0.15) is 5.82 Å². The minimum Gasteiger partial charge on any atom is -0.469 e. The van der Waals surface area contributed by atoms with Crippen LogP contribution in [0.1, 0.15) is 17.5 Å². The summed E-state index contributed by atoms with van der Waals surface area (Å²) in [6.07, 6.45) is 0.306. The second kappa shape index (κ2) is 6.92. The highest BCUT2D eigenvalue weighted by molar-refractivity contribution is 7.98. The summed E-state index contributed by atoms with van der Waals surface area (Å²) in [5.41, 5.74) is 0.925. The summed E-state index contributed by atoms with van der Waals surface area (Å²) in [4.78, 5) is 10.8. The van der Waals surface area contributed by atoms with Crippen LogP contribution in [-0.2, 0) is 15.3 Å². The van der Waals surface area contributed by atoms with E-state index in [2.05, 4.69) is 4.74 Å². The van der Waals surface area contributed by atoms with Crippen molar-refractivity contribution in [2.45, 2.75) is 12.2 Å². The first-order chi connectivity index (χ1) is 8.17. The third kappa shape index (κ3) is 4.45. The maximum absolute atomic E-state index is 13.3. The highest BCUT2D eigenvalue weighted by Crippen LogP contribution is 2.17. The lowest BCUT2D eigenvalue weighted by Crippen LogP contribution is -2.01. The molecule has 0 aliphatic carbocycles. The fraction of sp³-hybridized carbons (Fsp3) is 0.333. The molecule has 5 heteroatoms. The van der Waals surface area contributed by atoms with Crippen molar-refractivity contribution in [3.05, 3.63) is 35.1 Å². The number of hydrogen-bond acceptors (Lipinski definition) is 4. The highest BCUT2D eigenvalue weighted by atomic mass is 32.2. The van der Waals surface area contributed by atoms with Crippen molar-refractivity contribution in [3.63, 3.8) is 0 Å². The summed E-state index contributed by atoms with van der Waals surface area (Å²) in [6, 6.07) is 6.22. The van der Waals surface area contributed by atoms with Gasteiger partial charge in [0, 0.05) is 11.5 Å². The van der Waals surface area contributed by atoms with E-state index in [1.54, 1.807) is 0 Å². The van der Waals surface area contributed by atoms with E-state index in [0.29, 0.717) is 29.1 Å². The number of carbonyl (C=O) groups is 1. The molecule has 90 valence electrons. The summed E-state index contributed by atoms with van der Waals surface area (Å²) in [5, 5.41) is 8.69. The Hall–Kier alpha value is -1.54. The average Bonchev–Trinajstić information content (AvgIpc) is 2.36. The van der Waals surface area contributed by atoms with Gasteiger partial charge in [0.05, 0.1) is 25.2 Å². The van der Waals surface area contributed by atoms with Crippen LogP contribution in [0, 0.1) is 17.1 Å². The van der Waals surface area contributed by atoms with Gasteiger partial charge >= 0.3 is 5.97 Å². The van der Waals surface area contributed by atoms with Gasteiger partial charge in [0.15, 0.2) is 0 Å². The molecule has 0 radical (unpaired) electrons. The Morgan fingerprint density at radius 2 is 2.35 bits per heavy atom. The van der Waals surface area contributed by atoms with E-state index in [-0.39, 0.29) is 11.8 Å². The molecule has 0 atom stereocenters. The number of carbonyl (C=O) groups excluding carboxylic acids is 1. The number of methoxy groups -OCH3 is 1. The summed E-state index contributed by atoms with van der Waals surface area (Å²) in [7, 11) is 1.34. The Bertz CT molecular complexity index is 443. The lowest BCUT2D eigenvalue weighted by atomic mass is 10.1. The van der Waals surface area contributed by atoms with Gasteiger partial charge in [-0.3, -0.25) is 4.79 Å². The molecule has 0 aliphatic rings. The molecule has 17 heavy (non-hydrogen) atoms. The van der Waals surface area contributed by atoms with Crippen molar-refractivity contribution in [2.24, 2.45) is 0 Å². The second-order valence-electron chi connectivity index (χ2n) is 3.30. The maximum Gasteiger partial charge on any atom is 0.306 e. The van der Waals surface area contributed by atoms with Gasteiger partial charge in [-0.25, -0.2) is 4.39 Å². The highest BCUT2D eigenvalue weighted by Gasteiger charge is 2.05. The monoisotopic (exact) mass is 253 g/mol. The van der Waals surface area contributed by atoms with Crippen LogP contribution in [-0.4, -0.2) is 18.8 Å². The van der Waals surface area contributed by atoms with E-state index in [4.69, 9.17) is 5.26 Å². The summed E-state index contributed by atoms with van der Waals surface area (Å²) < 4.78 is 17.8. The molecule has 3 nitrogen and oxygen atoms in total. The molecule has 1 rings (SSSR count). The Labute approximate surface area is 104 Å². The van der Waals surface area contributed by atoms with Gasteiger partial charge in [-0.15, -0.1) is 0 Å². The number of ether oxygens (including phenoxy) is 1. The molecule has 0 unspecified atom stereocenters. The molecule has 1 aromatic rings. The number of rotatable bonds is 5. The normalized spacial score (nSPS) is 9.71. The van der Waals surface area contributed by atoms with Gasteiger partial charge in [0.25, 0.3) is 0 Å². The van der Waals surface area contributed by atoms with Crippen molar-refractivity contribution in [1.29, 1.82) is 5.26 Å². The van der Waals surface area contributed by atoms with E-state index in [1.807, 2.05) is 6.07 Å². The van der Waals surface area contributed by atoms with Crippen molar-refractivity contribution < 1.29 is 13.9 Å². The van der Waals surface area contributed by atoms with Crippen LogP contribution in [0.25, 0.3) is 0 Å². The van der Waals surface area contributed by atoms with Crippen LogP contribution in [0.5, 0.6) is 0 Å². The zero-order valence-electron chi connectivity index (χ0n) is 9.40. The zero-order chi connectivity index (χ0) is 12.7. The fourth-order valence-electron chi connectivity index (χ4n) is 1.19. The number of esters is 1. The predicted octanol–water partition coefficient (Wildman–Crippen LogP) is 2.49. The third-order valence-corrected chi connectivity index (χ3v) is 3.12. The summed E-state index contributed by atoms with van der Waals surface area (Å²) >= 11 is 1.43. The van der Waals surface area contributed by atoms with Crippen LogP contribution >= 0.6 is 11.8 Å². The van der Waals surface area contributed by atoms with Crippen molar-refractivity contribution >= 4 is 17.7 Å². The van der Waals surface area contributed by atoms with Gasteiger partial charge in [-0.2, -0.15) is 17.0 Å². The first-order valence-corrected chi connectivity index (χ1v) is 6.16. The van der Waals surface area contributed by atoms with Crippen LogP contribution in [0.15, 0.2) is 18.2 Å². The Morgan fingerprint density at radius 1 is 1.59 bits per heavy atom. The standard InChI is InChI=1S/C12H12FNO2S/c1-16-12(15)4-5-17-8-10-6-9(7-14)2-3-11(10)13/h2-3,6H,4-5,8H2,1H3. The number of halogens is 1. The Morgan fingerprint density at radius 3 is 3.00 bits per heavy atom. The van der Waals surface area contributed by atoms with Crippen molar-refractivity contribution in [1.82, 2.24) is 0 Å². The minimum absolute atomic E-state index is 0.274. The molecular weight excluding hydrogens is 241 g/mol. The molecule has 0 spiro atoms. The SMILES string of the molecule is COC(=O)CCSCc1cc(C#N)ccc1F. The third-order valence-electron chi connectivity index (χ3n) is 2.11. The van der Waals surface area contributed by atoms with Crippen molar-refractivity contribution in [3.8, 4) is 6.07 Å². The average molecular weight is 253 g/mol. The van der Waals surface area contributed by atoms with Gasteiger partial charge < -0.3 is 4.74 Å². The van der Waals surface area contributed by atoms with E-state index in [9.17, 15) is 9.18 Å². The Kier molecular flexibility index (Phi) is 5.50. The van der Waals surface area contributed by atoms with E-state index >= 15 is 0 Å². The number of hydrogen-bond donors (Lipinski definition) is 0. The molecule has 0 aliphatic heterocycles. The fourth-order valence-corrected chi connectivity index (χ4v) is 2.09. The van der Waals surface area contributed by atoms with Crippen LogP contribution in [0.3, 0.4) is 0 Å². The molecule has 0 heterocycles. The smallest absolute Gasteiger partial charge is 0.306 e. The zero-order valence-corrected chi connectivity index (χ0v) is 10.2. The first kappa shape index (κ1) is 13.5. The van der Waals surface area contributed by atoms with Gasteiger partial charge in [-0.1, -0.05) is 0 Å². The Balaban J connectivity index is 2.46. The van der Waals surface area contributed by atoms with E-state index in [1.165, 1.54) is 37.1 Å². The van der Waals surface area contributed by atoms with E-state index in [0.717, 1.165) is 0 Å². The van der Waals surface area contributed by atoms with Crippen molar-refractivity contribution in [2.75, 3.05) is 12.9 Å². The molecular formula is C12H12FNO2S. The molecule has 1 aromatic carbocycles. The molecule has 0 bridgehead atoms.